The average Bonchev–Trinajstić information content (AvgIpc) is 2.59. The van der Waals surface area contributed by atoms with Gasteiger partial charge in [0.25, 0.3) is 0 Å². The fraction of sp³-hybridized carbons (Fsp3) is 0.235. The lowest BCUT2D eigenvalue weighted by molar-refractivity contribution is 0.0468. The number of ether oxygens (including phenoxy) is 4. The molecule has 0 bridgehead atoms. The van der Waals surface area contributed by atoms with Crippen LogP contribution in [-0.4, -0.2) is 27.3 Å². The molecule has 2 aromatic rings. The molecule has 0 heterocycles. The van der Waals surface area contributed by atoms with E-state index in [0.717, 1.165) is 0 Å². The van der Waals surface area contributed by atoms with E-state index >= 15 is 0 Å². The number of methoxy groups -OCH3 is 3. The van der Waals surface area contributed by atoms with Gasteiger partial charge in [-0.2, -0.15) is 0 Å². The van der Waals surface area contributed by atoms with Crippen LogP contribution < -0.4 is 14.2 Å². The number of carbonyl (C=O) groups excluding carboxylic acids is 1. The molecule has 0 fully saturated rings. The summed E-state index contributed by atoms with van der Waals surface area (Å²) >= 11 is 12.1. The predicted octanol–water partition coefficient (Wildman–Crippen LogP) is 4.38. The summed E-state index contributed by atoms with van der Waals surface area (Å²) in [4.78, 5) is 12.4. The summed E-state index contributed by atoms with van der Waals surface area (Å²) in [5.41, 5.74) is 0.743. The van der Waals surface area contributed by atoms with Crippen molar-refractivity contribution in [1.82, 2.24) is 0 Å². The Balaban J connectivity index is 2.27. The molecule has 0 aliphatic heterocycles. The van der Waals surface area contributed by atoms with Gasteiger partial charge in [-0.3, -0.25) is 0 Å². The van der Waals surface area contributed by atoms with E-state index in [-0.39, 0.29) is 17.9 Å². The standard InChI is InChI=1S/C17H16Cl2O5/c1-21-14-8-7-10(15(22-2)16(14)23-3)17(20)24-9-11-12(18)5-4-6-13(11)19/h4-8H,9H2,1-3H3. The third kappa shape index (κ3) is 3.68. The van der Waals surface area contributed by atoms with E-state index in [1.165, 1.54) is 27.4 Å². The Bertz CT molecular complexity index is 726. The van der Waals surface area contributed by atoms with Gasteiger partial charge < -0.3 is 18.9 Å². The van der Waals surface area contributed by atoms with Crippen LogP contribution in [0.15, 0.2) is 30.3 Å². The van der Waals surface area contributed by atoms with Crippen LogP contribution in [0.5, 0.6) is 17.2 Å². The minimum atomic E-state index is -0.594. The second-order valence-electron chi connectivity index (χ2n) is 4.66. The summed E-state index contributed by atoms with van der Waals surface area (Å²) in [6.07, 6.45) is 0. The van der Waals surface area contributed by atoms with Gasteiger partial charge in [0.2, 0.25) is 5.75 Å². The van der Waals surface area contributed by atoms with Crippen molar-refractivity contribution in [3.8, 4) is 17.2 Å². The van der Waals surface area contributed by atoms with Crippen LogP contribution in [0.1, 0.15) is 15.9 Å². The lowest BCUT2D eigenvalue weighted by atomic mass is 10.1. The van der Waals surface area contributed by atoms with Gasteiger partial charge in [-0.05, 0) is 24.3 Å². The number of rotatable bonds is 6. The first-order valence-corrected chi connectivity index (χ1v) is 7.68. The van der Waals surface area contributed by atoms with Crippen LogP contribution in [0.3, 0.4) is 0 Å². The molecule has 24 heavy (non-hydrogen) atoms. The zero-order valence-corrected chi connectivity index (χ0v) is 14.9. The molecule has 0 amide bonds. The number of esters is 1. The summed E-state index contributed by atoms with van der Waals surface area (Å²) in [6, 6.07) is 8.20. The first kappa shape index (κ1) is 18.2. The Kier molecular flexibility index (Phi) is 6.17. The van der Waals surface area contributed by atoms with Crippen molar-refractivity contribution in [3.63, 3.8) is 0 Å². The molecule has 0 radical (unpaired) electrons. The van der Waals surface area contributed by atoms with Crippen molar-refractivity contribution in [2.24, 2.45) is 0 Å². The van der Waals surface area contributed by atoms with Crippen molar-refractivity contribution in [2.75, 3.05) is 21.3 Å². The van der Waals surface area contributed by atoms with E-state index < -0.39 is 5.97 Å². The maximum absolute atomic E-state index is 12.4. The molecule has 0 atom stereocenters. The van der Waals surface area contributed by atoms with Gasteiger partial charge in [0.15, 0.2) is 11.5 Å². The number of hydrogen-bond donors (Lipinski definition) is 0. The molecule has 2 aromatic carbocycles. The van der Waals surface area contributed by atoms with Crippen LogP contribution in [0.25, 0.3) is 0 Å². The van der Waals surface area contributed by atoms with Crippen molar-refractivity contribution in [3.05, 3.63) is 51.5 Å². The molecule has 0 unspecified atom stereocenters. The molecule has 7 heteroatoms. The topological polar surface area (TPSA) is 54.0 Å². The highest BCUT2D eigenvalue weighted by Gasteiger charge is 2.22. The Morgan fingerprint density at radius 3 is 2.08 bits per heavy atom. The SMILES string of the molecule is COc1ccc(C(=O)OCc2c(Cl)cccc2Cl)c(OC)c1OC. The van der Waals surface area contributed by atoms with Gasteiger partial charge in [0, 0.05) is 15.6 Å². The molecular weight excluding hydrogens is 355 g/mol. The minimum Gasteiger partial charge on any atom is -0.493 e. The monoisotopic (exact) mass is 370 g/mol. The summed E-state index contributed by atoms with van der Waals surface area (Å²) in [6.45, 7) is -0.0607. The average molecular weight is 371 g/mol. The van der Waals surface area contributed by atoms with Gasteiger partial charge in [-0.15, -0.1) is 0 Å². The second-order valence-corrected chi connectivity index (χ2v) is 5.47. The zero-order valence-electron chi connectivity index (χ0n) is 13.4. The molecular formula is C17H16Cl2O5. The van der Waals surface area contributed by atoms with Crippen molar-refractivity contribution < 1.29 is 23.7 Å². The Hall–Kier alpha value is -2.11. The summed E-state index contributed by atoms with van der Waals surface area (Å²) in [5, 5.41) is 0.851. The van der Waals surface area contributed by atoms with Crippen LogP contribution >= 0.6 is 23.2 Å². The number of halogens is 2. The summed E-state index contributed by atoms with van der Waals surface area (Å²) in [5.74, 6) is 0.390. The number of benzene rings is 2. The fourth-order valence-electron chi connectivity index (χ4n) is 2.15. The normalized spacial score (nSPS) is 10.2. The highest BCUT2D eigenvalue weighted by Crippen LogP contribution is 2.40. The number of hydrogen-bond acceptors (Lipinski definition) is 5. The molecule has 0 N–H and O–H groups in total. The van der Waals surface area contributed by atoms with E-state index in [0.29, 0.717) is 27.1 Å². The molecule has 0 saturated carbocycles. The predicted molar refractivity (Wildman–Crippen MR) is 91.7 cm³/mol. The third-order valence-electron chi connectivity index (χ3n) is 3.33. The Morgan fingerprint density at radius 1 is 0.917 bits per heavy atom. The summed E-state index contributed by atoms with van der Waals surface area (Å²) in [7, 11) is 4.38. The van der Waals surface area contributed by atoms with Crippen LogP contribution in [0.2, 0.25) is 10.0 Å². The van der Waals surface area contributed by atoms with E-state index in [4.69, 9.17) is 42.1 Å². The highest BCUT2D eigenvalue weighted by atomic mass is 35.5. The van der Waals surface area contributed by atoms with Gasteiger partial charge in [0.05, 0.1) is 21.3 Å². The van der Waals surface area contributed by atoms with Gasteiger partial charge in [-0.25, -0.2) is 4.79 Å². The van der Waals surface area contributed by atoms with Gasteiger partial charge in [0.1, 0.15) is 12.2 Å². The molecule has 0 spiro atoms. The molecule has 2 rings (SSSR count). The van der Waals surface area contributed by atoms with Crippen LogP contribution in [0, 0.1) is 0 Å². The fourth-order valence-corrected chi connectivity index (χ4v) is 2.65. The van der Waals surface area contributed by atoms with Crippen LogP contribution in [0.4, 0.5) is 0 Å². The molecule has 0 aliphatic rings. The lowest BCUT2D eigenvalue weighted by Gasteiger charge is -2.15. The Labute approximate surface area is 150 Å². The Morgan fingerprint density at radius 2 is 1.54 bits per heavy atom. The van der Waals surface area contributed by atoms with Gasteiger partial charge >= 0.3 is 5.97 Å². The van der Waals surface area contributed by atoms with Crippen LogP contribution in [-0.2, 0) is 11.3 Å². The number of carbonyl (C=O) groups is 1. The first-order valence-electron chi connectivity index (χ1n) is 6.92. The van der Waals surface area contributed by atoms with Gasteiger partial charge in [-0.1, -0.05) is 29.3 Å². The summed E-state index contributed by atoms with van der Waals surface area (Å²) < 4.78 is 21.0. The maximum atomic E-state index is 12.4. The molecule has 0 saturated heterocycles. The van der Waals surface area contributed by atoms with Crippen molar-refractivity contribution in [1.29, 1.82) is 0 Å². The van der Waals surface area contributed by atoms with Crippen molar-refractivity contribution in [2.45, 2.75) is 6.61 Å². The van der Waals surface area contributed by atoms with E-state index in [1.54, 1.807) is 24.3 Å². The quantitative estimate of drug-likeness (QED) is 0.706. The molecule has 5 nitrogen and oxygen atoms in total. The molecule has 128 valence electrons. The van der Waals surface area contributed by atoms with Crippen molar-refractivity contribution >= 4 is 29.2 Å². The molecule has 0 aliphatic carbocycles. The molecule has 0 aromatic heterocycles. The van der Waals surface area contributed by atoms with E-state index in [2.05, 4.69) is 0 Å². The minimum absolute atomic E-state index is 0.0607. The lowest BCUT2D eigenvalue weighted by Crippen LogP contribution is -2.09. The van der Waals surface area contributed by atoms with E-state index in [9.17, 15) is 4.79 Å². The maximum Gasteiger partial charge on any atom is 0.342 e. The smallest absolute Gasteiger partial charge is 0.342 e. The van der Waals surface area contributed by atoms with E-state index in [1.807, 2.05) is 0 Å². The first-order chi connectivity index (χ1) is 11.5. The highest BCUT2D eigenvalue weighted by molar-refractivity contribution is 6.35. The third-order valence-corrected chi connectivity index (χ3v) is 4.04. The zero-order chi connectivity index (χ0) is 17.7. The second kappa shape index (κ2) is 8.13. The largest absolute Gasteiger partial charge is 0.493 e.